The van der Waals surface area contributed by atoms with Gasteiger partial charge in [0.2, 0.25) is 0 Å². The first-order chi connectivity index (χ1) is 7.88. The van der Waals surface area contributed by atoms with Crippen LogP contribution in [0.2, 0.25) is 0 Å². The van der Waals surface area contributed by atoms with Crippen molar-refractivity contribution in [3.63, 3.8) is 0 Å². The average Bonchev–Trinajstić information content (AvgIpc) is 2.41. The summed E-state index contributed by atoms with van der Waals surface area (Å²) in [4.78, 5) is 0. The summed E-state index contributed by atoms with van der Waals surface area (Å²) in [6.45, 7) is -0.250. The molecule has 2 N–H and O–H groups in total. The number of benzene rings is 2. The van der Waals surface area contributed by atoms with Crippen LogP contribution in [0.3, 0.4) is 0 Å². The van der Waals surface area contributed by atoms with Crippen molar-refractivity contribution in [2.24, 2.45) is 0 Å². The largest absolute Gasteiger partial charge is 0.394 e. The molecule has 86 valence electrons. The second-order valence-electron chi connectivity index (χ2n) is 3.18. The first-order valence-corrected chi connectivity index (χ1v) is 5.20. The van der Waals surface area contributed by atoms with Crippen LogP contribution in [-0.4, -0.2) is 23.4 Å². The van der Waals surface area contributed by atoms with Crippen LogP contribution in [0.1, 0.15) is 0 Å². The molecule has 2 rings (SSSR count). The zero-order valence-electron chi connectivity index (χ0n) is 9.79. The number of hydrogen-bond acceptors (Lipinski definition) is 2. The van der Waals surface area contributed by atoms with Gasteiger partial charge in [0, 0.05) is 19.5 Å². The van der Waals surface area contributed by atoms with Gasteiger partial charge in [0.25, 0.3) is 0 Å². The van der Waals surface area contributed by atoms with Crippen LogP contribution in [0.4, 0.5) is 0 Å². The van der Waals surface area contributed by atoms with Crippen LogP contribution >= 0.6 is 0 Å². The van der Waals surface area contributed by atoms with E-state index in [9.17, 15) is 0 Å². The summed E-state index contributed by atoms with van der Waals surface area (Å²) in [6.07, 6.45) is 0. The Kier molecular flexibility index (Phi) is 9.55. The molecule has 0 unspecified atom stereocenters. The molecule has 0 heterocycles. The number of aliphatic hydroxyl groups excluding tert-OH is 2. The zero-order chi connectivity index (χ0) is 11.6. The third kappa shape index (κ3) is 6.32. The van der Waals surface area contributed by atoms with Crippen molar-refractivity contribution >= 4 is 0 Å². The fraction of sp³-hybridized carbons (Fsp3) is 0.143. The third-order valence-corrected chi connectivity index (χ3v) is 1.98. The van der Waals surface area contributed by atoms with Crippen molar-refractivity contribution in [2.45, 2.75) is 0 Å². The minimum Gasteiger partial charge on any atom is -0.394 e. The van der Waals surface area contributed by atoms with Crippen molar-refractivity contribution in [3.8, 4) is 11.1 Å². The number of hydrogen-bond donors (Lipinski definition) is 2. The van der Waals surface area contributed by atoms with Gasteiger partial charge in [-0.1, -0.05) is 60.7 Å². The Balaban J connectivity index is 0.000000453. The van der Waals surface area contributed by atoms with E-state index in [4.69, 9.17) is 10.2 Å². The summed E-state index contributed by atoms with van der Waals surface area (Å²) in [5, 5.41) is 15.2. The van der Waals surface area contributed by atoms with Crippen molar-refractivity contribution in [1.29, 1.82) is 0 Å². The molecular formula is C14H16O2Zn. The summed E-state index contributed by atoms with van der Waals surface area (Å²) < 4.78 is 0. The Hall–Kier alpha value is -1.02. The molecule has 2 aromatic carbocycles. The van der Waals surface area contributed by atoms with Crippen molar-refractivity contribution < 1.29 is 29.7 Å². The summed E-state index contributed by atoms with van der Waals surface area (Å²) in [7, 11) is 0. The minimum atomic E-state index is -0.125. The molecule has 0 aliphatic rings. The first-order valence-electron chi connectivity index (χ1n) is 5.20. The second-order valence-corrected chi connectivity index (χ2v) is 3.18. The van der Waals surface area contributed by atoms with E-state index in [0.29, 0.717) is 0 Å². The summed E-state index contributed by atoms with van der Waals surface area (Å²) in [5.74, 6) is 0. The van der Waals surface area contributed by atoms with Gasteiger partial charge in [-0.05, 0) is 11.1 Å². The quantitative estimate of drug-likeness (QED) is 0.830. The molecule has 0 saturated carbocycles. The summed E-state index contributed by atoms with van der Waals surface area (Å²) >= 11 is 0. The third-order valence-electron chi connectivity index (χ3n) is 1.98. The van der Waals surface area contributed by atoms with Gasteiger partial charge in [0.15, 0.2) is 0 Å². The van der Waals surface area contributed by atoms with Crippen molar-refractivity contribution in [1.82, 2.24) is 0 Å². The van der Waals surface area contributed by atoms with E-state index < -0.39 is 0 Å². The van der Waals surface area contributed by atoms with Gasteiger partial charge in [0.1, 0.15) is 0 Å². The van der Waals surface area contributed by atoms with Crippen LogP contribution in [0.25, 0.3) is 11.1 Å². The monoisotopic (exact) mass is 280 g/mol. The van der Waals surface area contributed by atoms with Gasteiger partial charge in [-0.15, -0.1) is 0 Å². The van der Waals surface area contributed by atoms with Gasteiger partial charge < -0.3 is 10.2 Å². The van der Waals surface area contributed by atoms with Crippen molar-refractivity contribution in [3.05, 3.63) is 60.7 Å². The molecule has 17 heavy (non-hydrogen) atoms. The second kappa shape index (κ2) is 10.2. The van der Waals surface area contributed by atoms with E-state index in [0.717, 1.165) is 0 Å². The van der Waals surface area contributed by atoms with Gasteiger partial charge in [0.05, 0.1) is 13.2 Å². The number of aliphatic hydroxyl groups is 2. The molecule has 0 bridgehead atoms. The Labute approximate surface area is 115 Å². The van der Waals surface area contributed by atoms with E-state index in [1.165, 1.54) is 11.1 Å². The standard InChI is InChI=1S/C12H10.C2H6O2.Zn/c1-3-7-11(8-4-1)12-9-5-2-6-10-12;3-1-2-4;/h1-10H;3-4H,1-2H2;. The molecule has 2 aromatic rings. The normalized spacial score (nSPS) is 8.59. The summed E-state index contributed by atoms with van der Waals surface area (Å²) in [6, 6.07) is 20.8. The molecule has 0 atom stereocenters. The first kappa shape index (κ1) is 16.0. The molecule has 0 fully saturated rings. The Bertz CT molecular complexity index is 336. The average molecular weight is 282 g/mol. The zero-order valence-corrected chi connectivity index (χ0v) is 12.8. The van der Waals surface area contributed by atoms with Gasteiger partial charge in [-0.3, -0.25) is 0 Å². The topological polar surface area (TPSA) is 40.5 Å². The predicted octanol–water partition coefficient (Wildman–Crippen LogP) is 2.32. The van der Waals surface area contributed by atoms with Gasteiger partial charge >= 0.3 is 0 Å². The molecule has 0 amide bonds. The van der Waals surface area contributed by atoms with Crippen LogP contribution in [0, 0.1) is 0 Å². The van der Waals surface area contributed by atoms with E-state index in [2.05, 4.69) is 48.5 Å². The molecule has 0 aliphatic carbocycles. The minimum absolute atomic E-state index is 0. The molecule has 3 heteroatoms. The molecule has 0 aliphatic heterocycles. The Morgan fingerprint density at radius 1 is 0.588 bits per heavy atom. The van der Waals surface area contributed by atoms with E-state index in [1.807, 2.05) is 12.1 Å². The smallest absolute Gasteiger partial charge is 0.0662 e. The Morgan fingerprint density at radius 2 is 0.882 bits per heavy atom. The molecule has 0 spiro atoms. The van der Waals surface area contributed by atoms with Gasteiger partial charge in [-0.2, -0.15) is 0 Å². The van der Waals surface area contributed by atoms with E-state index in [1.54, 1.807) is 0 Å². The number of rotatable bonds is 2. The van der Waals surface area contributed by atoms with Crippen LogP contribution in [0.15, 0.2) is 60.7 Å². The Morgan fingerprint density at radius 3 is 1.12 bits per heavy atom. The van der Waals surface area contributed by atoms with Crippen molar-refractivity contribution in [2.75, 3.05) is 13.2 Å². The fourth-order valence-electron chi connectivity index (χ4n) is 1.26. The maximum absolute atomic E-state index is 7.62. The SMILES string of the molecule is OCCO.[Zn].c1ccc(-c2ccccc2)cc1. The van der Waals surface area contributed by atoms with E-state index >= 15 is 0 Å². The van der Waals surface area contributed by atoms with Gasteiger partial charge in [-0.25, -0.2) is 0 Å². The molecule has 2 nitrogen and oxygen atoms in total. The molecule has 0 aromatic heterocycles. The van der Waals surface area contributed by atoms with Crippen LogP contribution < -0.4 is 0 Å². The van der Waals surface area contributed by atoms with Crippen LogP contribution in [0.5, 0.6) is 0 Å². The molecule has 0 radical (unpaired) electrons. The summed E-state index contributed by atoms with van der Waals surface area (Å²) in [5.41, 5.74) is 2.55. The van der Waals surface area contributed by atoms with Crippen LogP contribution in [-0.2, 0) is 19.5 Å². The maximum Gasteiger partial charge on any atom is 0.0662 e. The predicted molar refractivity (Wildman–Crippen MR) is 66.0 cm³/mol. The fourth-order valence-corrected chi connectivity index (χ4v) is 1.26. The maximum atomic E-state index is 7.62. The molecule has 0 saturated heterocycles. The van der Waals surface area contributed by atoms with E-state index in [-0.39, 0.29) is 32.7 Å². The molecular weight excluding hydrogens is 266 g/mol.